The summed E-state index contributed by atoms with van der Waals surface area (Å²) >= 11 is 1.28. The highest BCUT2D eigenvalue weighted by molar-refractivity contribution is 7.18. The van der Waals surface area contributed by atoms with E-state index in [1.54, 1.807) is 158 Å². The van der Waals surface area contributed by atoms with Crippen LogP contribution in [0.2, 0.25) is 0 Å². The Morgan fingerprint density at radius 2 is 0.674 bits per heavy atom. The van der Waals surface area contributed by atoms with Crippen LogP contribution in [0, 0.1) is 45.3 Å². The summed E-state index contributed by atoms with van der Waals surface area (Å²) in [5, 5.41) is 40.3. The van der Waals surface area contributed by atoms with Gasteiger partial charge in [0.25, 0.3) is 0 Å². The molecule has 86 heavy (non-hydrogen) atoms. The largest absolute Gasteiger partial charge is 0.459 e. The average molecular weight is 1170 g/mol. The van der Waals surface area contributed by atoms with Crippen molar-refractivity contribution in [2.24, 2.45) is 9.98 Å². The number of allylic oxidation sites excluding steroid dienone is 4. The molecule has 0 spiro atoms. The molecule has 20 heteroatoms. The second-order valence-electron chi connectivity index (χ2n) is 19.5. The third kappa shape index (κ3) is 8.99. The molecule has 8 aromatic rings. The lowest BCUT2D eigenvalue weighted by Gasteiger charge is -2.27. The van der Waals surface area contributed by atoms with E-state index in [0.717, 1.165) is 0 Å². The standard InChI is InChI=1S/C66H36N8O10S2/c67-29-41(30-68)47-43-25-13-15-27-45(43)53(75)51(47)71-63-73-57-56(86-63)50-49(65(57,59(77)81-33-37-17-5-1-6-18-37)60(78)82-34-38-19-7-2-8-20-38)55-58(74-64(85-55)72-52-48(42(31-69)32-70)44-26-14-16-28-46(44)54(52)76)66(50,61(79)83-35-39-21-9-3-10-22-39)62(80)84-36-40-23-11-4-12-24-40/h1-28H,33-36H2/b71-51-,72-52-. The minimum atomic E-state index is -2.96. The lowest BCUT2D eigenvalue weighted by Crippen LogP contribution is -2.46. The van der Waals surface area contributed by atoms with Gasteiger partial charge in [-0.3, -0.25) is 28.8 Å². The van der Waals surface area contributed by atoms with Crippen LogP contribution >= 0.6 is 22.7 Å². The first-order valence-electron chi connectivity index (χ1n) is 26.2. The van der Waals surface area contributed by atoms with Crippen LogP contribution in [0.1, 0.15) is 75.2 Å². The summed E-state index contributed by atoms with van der Waals surface area (Å²) in [4.78, 5) is 112. The van der Waals surface area contributed by atoms with Crippen molar-refractivity contribution < 1.29 is 47.7 Å². The van der Waals surface area contributed by atoms with Crippen LogP contribution in [0.15, 0.2) is 191 Å². The highest BCUT2D eigenvalue weighted by Gasteiger charge is 2.73. The smallest absolute Gasteiger partial charge is 0.334 e. The molecule has 0 unspecified atom stereocenters. The summed E-state index contributed by atoms with van der Waals surface area (Å²) < 4.78 is 24.8. The highest BCUT2D eigenvalue weighted by Crippen LogP contribution is 2.67. The van der Waals surface area contributed by atoms with E-state index >= 15 is 19.2 Å². The number of carbonyl (C=O) groups is 6. The van der Waals surface area contributed by atoms with Gasteiger partial charge in [-0.25, -0.2) is 20.0 Å². The van der Waals surface area contributed by atoms with E-state index in [-0.39, 0.29) is 64.6 Å². The van der Waals surface area contributed by atoms with Crippen molar-refractivity contribution in [2.45, 2.75) is 37.3 Å². The van der Waals surface area contributed by atoms with E-state index < -0.39 is 107 Å². The summed E-state index contributed by atoms with van der Waals surface area (Å²) in [5.41, 5.74) is -7.03. The van der Waals surface area contributed by atoms with E-state index in [0.29, 0.717) is 44.9 Å². The molecule has 0 fully saturated rings. The molecule has 412 valence electrons. The number of aliphatic imine (C=N–C) groups is 2. The van der Waals surface area contributed by atoms with Crippen molar-refractivity contribution in [1.29, 1.82) is 21.0 Å². The number of nitrogens with zero attached hydrogens (tertiary/aromatic N) is 8. The molecule has 2 aromatic heterocycles. The first-order chi connectivity index (χ1) is 42.0. The zero-order chi connectivity index (χ0) is 59.7. The first-order valence-corrected chi connectivity index (χ1v) is 27.8. The third-order valence-electron chi connectivity index (χ3n) is 14.6. The highest BCUT2D eigenvalue weighted by atomic mass is 32.1. The van der Waals surface area contributed by atoms with Gasteiger partial charge in [-0.15, -0.1) is 0 Å². The first kappa shape index (κ1) is 54.9. The van der Waals surface area contributed by atoms with Crippen molar-refractivity contribution in [1.82, 2.24) is 9.97 Å². The summed E-state index contributed by atoms with van der Waals surface area (Å²) in [6.07, 6.45) is 0. The maximum atomic E-state index is 16.1. The van der Waals surface area contributed by atoms with Gasteiger partial charge in [0.05, 0.1) is 21.1 Å². The second kappa shape index (κ2) is 22.6. The summed E-state index contributed by atoms with van der Waals surface area (Å²) in [6.45, 7) is -1.81. The number of hydrogen-bond donors (Lipinski definition) is 0. The Hall–Kier alpha value is -11.7. The van der Waals surface area contributed by atoms with Crippen LogP contribution < -0.4 is 0 Å². The van der Waals surface area contributed by atoms with Crippen molar-refractivity contribution in [3.05, 3.63) is 247 Å². The predicted octanol–water partition coefficient (Wildman–Crippen LogP) is 10.5. The summed E-state index contributed by atoms with van der Waals surface area (Å²) in [7, 11) is 0. The van der Waals surface area contributed by atoms with Crippen LogP contribution in [-0.4, -0.2) is 56.8 Å². The molecule has 12 rings (SSSR count). The minimum absolute atomic E-state index is 0.107. The number of nitriles is 4. The lowest BCUT2D eigenvalue weighted by molar-refractivity contribution is -0.165. The number of rotatable bonds is 14. The minimum Gasteiger partial charge on any atom is -0.459 e. The SMILES string of the molecule is N#CC(C#N)=C1/C(=N/c2nc3c(s2)C2=C(c4sc(/N=C5\C(=O)c6ccccc6C5=C(C#N)C#N)nc4C2(C(=O)OCc2ccccc2)C(=O)OCc2ccccc2)C3(C(=O)OCc2ccccc2)C(=O)OCc2ccccc2)C(=O)c2ccccc21. The number of Topliss-reactive ketones (excluding diaryl/α,β-unsaturated/α-hetero) is 2. The molecule has 0 aliphatic heterocycles. The predicted molar refractivity (Wildman–Crippen MR) is 311 cm³/mol. The molecule has 0 N–H and O–H groups in total. The Balaban J connectivity index is 1.17. The Bertz CT molecular complexity index is 4160. The van der Waals surface area contributed by atoms with Gasteiger partial charge in [0.15, 0.2) is 0 Å². The van der Waals surface area contributed by atoms with Gasteiger partial charge in [-0.2, -0.15) is 21.0 Å². The van der Waals surface area contributed by atoms with E-state index in [4.69, 9.17) is 38.9 Å². The number of carbonyl (C=O) groups excluding carboxylic acids is 6. The van der Waals surface area contributed by atoms with Crippen LogP contribution in [0.3, 0.4) is 0 Å². The fraction of sp³-hybridized carbons (Fsp3) is 0.0909. The van der Waals surface area contributed by atoms with Crippen molar-refractivity contribution in [3.8, 4) is 24.3 Å². The van der Waals surface area contributed by atoms with E-state index in [2.05, 4.69) is 0 Å². The molecule has 18 nitrogen and oxygen atoms in total. The summed E-state index contributed by atoms with van der Waals surface area (Å²) in [5.74, 6) is -6.70. The number of aromatic nitrogens is 2. The maximum Gasteiger partial charge on any atom is 0.334 e. The van der Waals surface area contributed by atoms with Crippen molar-refractivity contribution in [2.75, 3.05) is 0 Å². The summed E-state index contributed by atoms with van der Waals surface area (Å²) in [6, 6.07) is 53.8. The molecule has 0 saturated carbocycles. The molecule has 4 aliphatic carbocycles. The number of fused-ring (bicyclic) bond motifs is 6. The molecule has 4 aliphatic rings. The van der Waals surface area contributed by atoms with Crippen LogP contribution in [0.4, 0.5) is 10.3 Å². The van der Waals surface area contributed by atoms with Crippen molar-refractivity contribution in [3.63, 3.8) is 0 Å². The average Bonchev–Trinajstić information content (AvgIpc) is 1.49. The molecule has 0 bridgehead atoms. The number of ether oxygens (including phenoxy) is 4. The Morgan fingerprint density at radius 1 is 0.407 bits per heavy atom. The Labute approximate surface area is 496 Å². The fourth-order valence-corrected chi connectivity index (χ4v) is 13.0. The van der Waals surface area contributed by atoms with Crippen molar-refractivity contribution >= 4 is 102 Å². The van der Waals surface area contributed by atoms with E-state index in [9.17, 15) is 30.6 Å². The fourth-order valence-electron chi connectivity index (χ4n) is 10.7. The maximum absolute atomic E-state index is 16.1. The number of thiazole rings is 2. The number of benzene rings is 6. The normalized spacial score (nSPS) is 15.3. The van der Waals surface area contributed by atoms with Gasteiger partial charge in [0, 0.05) is 33.4 Å². The quantitative estimate of drug-likeness (QED) is 0.0423. The molecule has 6 aromatic carbocycles. The molecule has 0 atom stereocenters. The van der Waals surface area contributed by atoms with Gasteiger partial charge in [-0.1, -0.05) is 193 Å². The third-order valence-corrected chi connectivity index (χ3v) is 16.6. The van der Waals surface area contributed by atoms with Gasteiger partial charge in [-0.05, 0) is 33.4 Å². The zero-order valence-electron chi connectivity index (χ0n) is 44.5. The van der Waals surface area contributed by atoms with Crippen LogP contribution in [0.5, 0.6) is 0 Å². The zero-order valence-corrected chi connectivity index (χ0v) is 46.1. The Morgan fingerprint density at radius 3 is 0.953 bits per heavy atom. The number of esters is 4. The van der Waals surface area contributed by atoms with Crippen LogP contribution in [-0.2, 0) is 75.4 Å². The second-order valence-corrected chi connectivity index (χ2v) is 21.4. The molecule has 0 amide bonds. The molecule has 0 saturated heterocycles. The molecule has 2 heterocycles. The monoisotopic (exact) mass is 1160 g/mol. The number of ketones is 2. The molecular weight excluding hydrogens is 1130 g/mol. The van der Waals surface area contributed by atoms with Gasteiger partial charge in [0.1, 0.15) is 73.3 Å². The number of hydrogen-bond acceptors (Lipinski definition) is 20. The van der Waals surface area contributed by atoms with E-state index in [1.165, 1.54) is 12.1 Å². The lowest BCUT2D eigenvalue weighted by atomic mass is 9.79. The van der Waals surface area contributed by atoms with Gasteiger partial charge < -0.3 is 18.9 Å². The molecular formula is C66H36N8O10S2. The van der Waals surface area contributed by atoms with E-state index in [1.807, 2.05) is 24.3 Å². The topological polar surface area (TPSA) is 285 Å². The molecule has 0 radical (unpaired) electrons. The van der Waals surface area contributed by atoms with Gasteiger partial charge >= 0.3 is 23.9 Å². The van der Waals surface area contributed by atoms with Gasteiger partial charge in [0.2, 0.25) is 32.7 Å². The van der Waals surface area contributed by atoms with Crippen LogP contribution in [0.25, 0.3) is 22.3 Å². The Kier molecular flexibility index (Phi) is 14.4.